The Bertz CT molecular complexity index is 1620. The van der Waals surface area contributed by atoms with Crippen molar-refractivity contribution in [2.45, 2.75) is 6.61 Å². The van der Waals surface area contributed by atoms with E-state index in [-0.39, 0.29) is 12.2 Å². The van der Waals surface area contributed by atoms with E-state index < -0.39 is 17.8 Å². The highest BCUT2D eigenvalue weighted by Crippen LogP contribution is 2.39. The Labute approximate surface area is 254 Å². The first kappa shape index (κ1) is 28.4. The highest BCUT2D eigenvalue weighted by molar-refractivity contribution is 9.10. The predicted molar refractivity (Wildman–Crippen MR) is 163 cm³/mol. The van der Waals surface area contributed by atoms with Crippen LogP contribution in [0, 0.1) is 0 Å². The Morgan fingerprint density at radius 1 is 0.805 bits per heavy atom. The fourth-order valence-corrected chi connectivity index (χ4v) is 5.29. The molecule has 10 heteroatoms. The molecule has 0 unspecified atom stereocenters. The van der Waals surface area contributed by atoms with Gasteiger partial charge in [-0.05, 0) is 76.1 Å². The van der Waals surface area contributed by atoms with Gasteiger partial charge in [0, 0.05) is 15.6 Å². The minimum atomic E-state index is -0.766. The lowest BCUT2D eigenvalue weighted by molar-refractivity contribution is -0.121. The van der Waals surface area contributed by atoms with Gasteiger partial charge in [-0.3, -0.25) is 9.59 Å². The second kappa shape index (κ2) is 12.2. The van der Waals surface area contributed by atoms with E-state index >= 15 is 0 Å². The highest BCUT2D eigenvalue weighted by atomic mass is 79.9. The van der Waals surface area contributed by atoms with Crippen molar-refractivity contribution >= 4 is 74.4 Å². The maximum absolute atomic E-state index is 13.6. The quantitative estimate of drug-likeness (QED) is 0.150. The van der Waals surface area contributed by atoms with Crippen LogP contribution in [0.1, 0.15) is 11.1 Å². The maximum Gasteiger partial charge on any atom is 0.343 e. The van der Waals surface area contributed by atoms with E-state index in [9.17, 15) is 14.4 Å². The third-order valence-corrected chi connectivity index (χ3v) is 7.40. The van der Waals surface area contributed by atoms with Gasteiger partial charge in [0.2, 0.25) is 0 Å². The molecule has 0 atom stereocenters. The summed E-state index contributed by atoms with van der Waals surface area (Å²) in [6.07, 6.45) is 1.43. The molecule has 0 bridgehead atoms. The number of hydrogen-bond donors (Lipinski definition) is 0. The number of imide groups is 2. The molecule has 1 heterocycles. The Hall–Kier alpha value is -4.11. The zero-order valence-electron chi connectivity index (χ0n) is 21.5. The molecule has 1 saturated heterocycles. The molecule has 0 N–H and O–H groups in total. The average molecular weight is 652 g/mol. The van der Waals surface area contributed by atoms with Crippen LogP contribution >= 0.6 is 39.1 Å². The van der Waals surface area contributed by atoms with Crippen LogP contribution in [0.2, 0.25) is 10.0 Å². The zero-order chi connectivity index (χ0) is 29.1. The number of amides is 4. The number of urea groups is 1. The molecule has 0 aromatic heterocycles. The fraction of sp³-hybridized carbons (Fsp3) is 0.0645. The second-order valence-corrected chi connectivity index (χ2v) is 10.5. The van der Waals surface area contributed by atoms with Gasteiger partial charge in [-0.1, -0.05) is 65.7 Å². The molecule has 4 aromatic rings. The molecule has 1 aliphatic rings. The molecule has 4 amide bonds. The van der Waals surface area contributed by atoms with Gasteiger partial charge in [-0.15, -0.1) is 0 Å². The van der Waals surface area contributed by atoms with E-state index in [2.05, 4.69) is 15.9 Å². The number of barbiturate groups is 1. The van der Waals surface area contributed by atoms with Gasteiger partial charge in [0.15, 0.2) is 11.5 Å². The van der Waals surface area contributed by atoms with Crippen molar-refractivity contribution < 1.29 is 23.9 Å². The molecule has 41 heavy (non-hydrogen) atoms. The smallest absolute Gasteiger partial charge is 0.343 e. The summed E-state index contributed by atoms with van der Waals surface area (Å²) in [6, 6.07) is 24.6. The van der Waals surface area contributed by atoms with Crippen LogP contribution in [-0.4, -0.2) is 25.0 Å². The van der Waals surface area contributed by atoms with E-state index in [1.165, 1.54) is 13.2 Å². The lowest BCUT2D eigenvalue weighted by Crippen LogP contribution is -2.57. The number of carbonyl (C=O) groups excluding carboxylic acids is 3. The lowest BCUT2D eigenvalue weighted by Gasteiger charge is -2.34. The van der Waals surface area contributed by atoms with Gasteiger partial charge < -0.3 is 9.47 Å². The molecule has 5 rings (SSSR count). The van der Waals surface area contributed by atoms with Crippen LogP contribution in [0.4, 0.5) is 16.2 Å². The molecule has 0 spiro atoms. The summed E-state index contributed by atoms with van der Waals surface area (Å²) in [7, 11) is 1.48. The van der Waals surface area contributed by atoms with Crippen LogP contribution in [0.25, 0.3) is 6.08 Å². The number of halogens is 3. The minimum Gasteiger partial charge on any atom is -0.493 e. The molecule has 206 valence electrons. The number of anilines is 2. The molecule has 0 radical (unpaired) electrons. The Balaban J connectivity index is 1.53. The fourth-order valence-electron chi connectivity index (χ4n) is 4.26. The molecule has 0 saturated carbocycles. The normalized spacial score (nSPS) is 13.5. The Morgan fingerprint density at radius 3 is 1.93 bits per heavy atom. The second-order valence-electron chi connectivity index (χ2n) is 8.85. The number of para-hydroxylation sites is 2. The van der Waals surface area contributed by atoms with E-state index in [0.29, 0.717) is 43.0 Å². The van der Waals surface area contributed by atoms with E-state index in [4.69, 9.17) is 32.7 Å². The van der Waals surface area contributed by atoms with E-state index in [1.54, 1.807) is 91.0 Å². The first-order valence-electron chi connectivity index (χ1n) is 12.3. The molecule has 1 aliphatic heterocycles. The van der Waals surface area contributed by atoms with Crippen LogP contribution < -0.4 is 19.3 Å². The molecule has 1 fully saturated rings. The minimum absolute atomic E-state index is 0.141. The van der Waals surface area contributed by atoms with Crippen LogP contribution in [-0.2, 0) is 16.2 Å². The first-order chi connectivity index (χ1) is 19.8. The van der Waals surface area contributed by atoms with Crippen molar-refractivity contribution in [1.29, 1.82) is 0 Å². The third kappa shape index (κ3) is 5.86. The maximum atomic E-state index is 13.6. The van der Waals surface area contributed by atoms with Gasteiger partial charge in [-0.25, -0.2) is 14.6 Å². The van der Waals surface area contributed by atoms with Crippen molar-refractivity contribution in [1.82, 2.24) is 0 Å². The largest absolute Gasteiger partial charge is 0.493 e. The number of benzene rings is 4. The van der Waals surface area contributed by atoms with E-state index in [1.807, 2.05) is 0 Å². The summed E-state index contributed by atoms with van der Waals surface area (Å²) in [5.74, 6) is -0.741. The van der Waals surface area contributed by atoms with Gasteiger partial charge in [-0.2, -0.15) is 0 Å². The van der Waals surface area contributed by atoms with Crippen molar-refractivity contribution in [3.63, 3.8) is 0 Å². The molecule has 7 nitrogen and oxygen atoms in total. The number of rotatable bonds is 7. The monoisotopic (exact) mass is 650 g/mol. The molecule has 4 aromatic carbocycles. The Morgan fingerprint density at radius 2 is 1.39 bits per heavy atom. The summed E-state index contributed by atoms with van der Waals surface area (Å²) in [6.45, 7) is 0.141. The summed E-state index contributed by atoms with van der Waals surface area (Å²) >= 11 is 15.8. The van der Waals surface area contributed by atoms with Gasteiger partial charge in [0.05, 0.1) is 23.0 Å². The van der Waals surface area contributed by atoms with E-state index in [0.717, 1.165) is 15.4 Å². The number of methoxy groups -OCH3 is 1. The summed E-state index contributed by atoms with van der Waals surface area (Å²) in [4.78, 5) is 42.8. The van der Waals surface area contributed by atoms with Crippen LogP contribution in [0.3, 0.4) is 0 Å². The zero-order valence-corrected chi connectivity index (χ0v) is 24.6. The molecule has 0 aliphatic carbocycles. The predicted octanol–water partition coefficient (Wildman–Crippen LogP) is 7.93. The first-order valence-corrected chi connectivity index (χ1v) is 13.8. The van der Waals surface area contributed by atoms with Crippen LogP contribution in [0.5, 0.6) is 11.5 Å². The summed E-state index contributed by atoms with van der Waals surface area (Å²) in [5.41, 5.74) is 1.67. The Kier molecular flexibility index (Phi) is 8.44. The average Bonchev–Trinajstić information content (AvgIpc) is 2.96. The number of hydrogen-bond acceptors (Lipinski definition) is 5. The topological polar surface area (TPSA) is 76.2 Å². The SMILES string of the molecule is COc1cc(C=C2C(=O)N(c3ccccc3)C(=O)N(c3ccccc3)C2=O)cc(Br)c1OCc1ccc(Cl)cc1Cl. The van der Waals surface area contributed by atoms with Crippen molar-refractivity contribution in [3.05, 3.63) is 122 Å². The van der Waals surface area contributed by atoms with Gasteiger partial charge >= 0.3 is 6.03 Å². The number of nitrogens with zero attached hydrogens (tertiary/aromatic N) is 2. The molecular formula is C31H21BrCl2N2O5. The molecular weight excluding hydrogens is 631 g/mol. The van der Waals surface area contributed by atoms with Crippen molar-refractivity contribution in [2.24, 2.45) is 0 Å². The van der Waals surface area contributed by atoms with Crippen molar-refractivity contribution in [3.8, 4) is 11.5 Å². The highest BCUT2D eigenvalue weighted by Gasteiger charge is 2.43. The third-order valence-electron chi connectivity index (χ3n) is 6.23. The van der Waals surface area contributed by atoms with Crippen molar-refractivity contribution in [2.75, 3.05) is 16.9 Å². The van der Waals surface area contributed by atoms with Crippen LogP contribution in [0.15, 0.2) is 101 Å². The summed E-state index contributed by atoms with van der Waals surface area (Å²) in [5, 5.41) is 0.976. The lowest BCUT2D eigenvalue weighted by atomic mass is 10.0. The number of ether oxygens (including phenoxy) is 2. The van der Waals surface area contributed by atoms with Gasteiger partial charge in [0.1, 0.15) is 12.2 Å². The number of carbonyl (C=O) groups is 3. The summed E-state index contributed by atoms with van der Waals surface area (Å²) < 4.78 is 12.1. The standard InChI is InChI=1S/C31H21BrCl2N2O5/c1-40-27-16-19(15-25(32)28(27)41-18-20-12-13-21(33)17-26(20)34)14-24-29(37)35(22-8-4-2-5-9-22)31(39)36(30(24)38)23-10-6-3-7-11-23/h2-17H,18H2,1H3. The van der Waals surface area contributed by atoms with Gasteiger partial charge in [0.25, 0.3) is 11.8 Å².